The lowest BCUT2D eigenvalue weighted by Crippen LogP contribution is -1.98. The molecule has 0 aliphatic rings. The van der Waals surface area contributed by atoms with Gasteiger partial charge in [0.15, 0.2) is 0 Å². The standard InChI is InChI=1S/C12H11FOS/c1-8-5-9(7-10(13)6-8)12(14)11-3-2-4-15-11/h2-7,12,14H,1H3. The number of halogens is 1. The fourth-order valence-corrected chi connectivity index (χ4v) is 2.27. The van der Waals surface area contributed by atoms with Gasteiger partial charge in [0.1, 0.15) is 11.9 Å². The van der Waals surface area contributed by atoms with Crippen molar-refractivity contribution in [2.45, 2.75) is 13.0 Å². The molecule has 0 fully saturated rings. The molecule has 2 aromatic rings. The van der Waals surface area contributed by atoms with Crippen LogP contribution < -0.4 is 0 Å². The smallest absolute Gasteiger partial charge is 0.123 e. The highest BCUT2D eigenvalue weighted by Crippen LogP contribution is 2.26. The number of hydrogen-bond acceptors (Lipinski definition) is 2. The van der Waals surface area contributed by atoms with E-state index in [1.807, 2.05) is 24.4 Å². The molecule has 1 atom stereocenters. The van der Waals surface area contributed by atoms with Crippen LogP contribution in [0.1, 0.15) is 22.1 Å². The minimum Gasteiger partial charge on any atom is -0.383 e. The Morgan fingerprint density at radius 3 is 2.73 bits per heavy atom. The van der Waals surface area contributed by atoms with Gasteiger partial charge < -0.3 is 5.11 Å². The monoisotopic (exact) mass is 222 g/mol. The van der Waals surface area contributed by atoms with E-state index < -0.39 is 6.10 Å². The molecule has 1 aromatic carbocycles. The van der Waals surface area contributed by atoms with Crippen LogP contribution >= 0.6 is 11.3 Å². The van der Waals surface area contributed by atoms with Crippen LogP contribution in [0.25, 0.3) is 0 Å². The van der Waals surface area contributed by atoms with E-state index in [1.165, 1.54) is 23.5 Å². The molecule has 1 unspecified atom stereocenters. The second-order valence-corrected chi connectivity index (χ2v) is 4.46. The highest BCUT2D eigenvalue weighted by molar-refractivity contribution is 7.10. The Hall–Kier alpha value is -1.19. The van der Waals surface area contributed by atoms with E-state index in [4.69, 9.17) is 0 Å². The Bertz CT molecular complexity index is 430. The Morgan fingerprint density at radius 2 is 2.13 bits per heavy atom. The maximum absolute atomic E-state index is 13.1. The summed E-state index contributed by atoms with van der Waals surface area (Å²) in [7, 11) is 0. The third-order valence-electron chi connectivity index (χ3n) is 2.19. The van der Waals surface area contributed by atoms with Crippen LogP contribution in [-0.2, 0) is 0 Å². The van der Waals surface area contributed by atoms with Crippen molar-refractivity contribution < 1.29 is 9.50 Å². The van der Waals surface area contributed by atoms with Gasteiger partial charge in [0.2, 0.25) is 0 Å². The molecule has 0 aliphatic heterocycles. The minimum atomic E-state index is -0.723. The summed E-state index contributed by atoms with van der Waals surface area (Å²) in [5, 5.41) is 11.9. The molecular formula is C12H11FOS. The number of hydrogen-bond donors (Lipinski definition) is 1. The van der Waals surface area contributed by atoms with Crippen molar-refractivity contribution in [1.82, 2.24) is 0 Å². The molecule has 1 aromatic heterocycles. The van der Waals surface area contributed by atoms with E-state index in [9.17, 15) is 9.50 Å². The van der Waals surface area contributed by atoms with E-state index >= 15 is 0 Å². The average molecular weight is 222 g/mol. The summed E-state index contributed by atoms with van der Waals surface area (Å²) in [5.41, 5.74) is 1.43. The van der Waals surface area contributed by atoms with Crippen molar-refractivity contribution in [1.29, 1.82) is 0 Å². The van der Waals surface area contributed by atoms with Gasteiger partial charge in [-0.2, -0.15) is 0 Å². The summed E-state index contributed by atoms with van der Waals surface area (Å²) in [6.07, 6.45) is -0.723. The summed E-state index contributed by atoms with van der Waals surface area (Å²) < 4.78 is 13.1. The van der Waals surface area contributed by atoms with E-state index in [1.54, 1.807) is 6.07 Å². The Labute approximate surface area is 91.8 Å². The summed E-state index contributed by atoms with van der Waals surface area (Å²) in [5.74, 6) is -0.305. The van der Waals surface area contributed by atoms with E-state index in [0.717, 1.165) is 10.4 Å². The van der Waals surface area contributed by atoms with Crippen LogP contribution in [0.3, 0.4) is 0 Å². The van der Waals surface area contributed by atoms with Gasteiger partial charge in [0, 0.05) is 4.88 Å². The first-order chi connectivity index (χ1) is 7.16. The normalized spacial score (nSPS) is 12.7. The van der Waals surface area contributed by atoms with Crippen LogP contribution in [-0.4, -0.2) is 5.11 Å². The highest BCUT2D eigenvalue weighted by Gasteiger charge is 2.12. The molecular weight excluding hydrogens is 211 g/mol. The van der Waals surface area contributed by atoms with Crippen LogP contribution in [0, 0.1) is 12.7 Å². The van der Waals surface area contributed by atoms with Crippen molar-refractivity contribution in [3.05, 3.63) is 57.5 Å². The van der Waals surface area contributed by atoms with E-state index in [0.29, 0.717) is 5.56 Å². The molecule has 1 nitrogen and oxygen atoms in total. The van der Waals surface area contributed by atoms with Gasteiger partial charge in [-0.1, -0.05) is 12.1 Å². The van der Waals surface area contributed by atoms with Crippen molar-refractivity contribution >= 4 is 11.3 Å². The minimum absolute atomic E-state index is 0.305. The summed E-state index contributed by atoms with van der Waals surface area (Å²) in [6.45, 7) is 1.81. The lowest BCUT2D eigenvalue weighted by atomic mass is 10.1. The third-order valence-corrected chi connectivity index (χ3v) is 3.12. The number of rotatable bonds is 2. The second-order valence-electron chi connectivity index (χ2n) is 3.48. The largest absolute Gasteiger partial charge is 0.383 e. The molecule has 1 N–H and O–H groups in total. The number of aliphatic hydroxyl groups excluding tert-OH is 1. The molecule has 0 saturated carbocycles. The Morgan fingerprint density at radius 1 is 1.33 bits per heavy atom. The van der Waals surface area contributed by atoms with Crippen molar-refractivity contribution in [2.75, 3.05) is 0 Å². The fourth-order valence-electron chi connectivity index (χ4n) is 1.53. The van der Waals surface area contributed by atoms with Gasteiger partial charge in [-0.25, -0.2) is 4.39 Å². The zero-order chi connectivity index (χ0) is 10.8. The molecule has 1 heterocycles. The molecule has 3 heteroatoms. The predicted molar refractivity (Wildman–Crippen MR) is 59.5 cm³/mol. The first-order valence-electron chi connectivity index (χ1n) is 4.65. The van der Waals surface area contributed by atoms with Gasteiger partial charge in [-0.3, -0.25) is 0 Å². The van der Waals surface area contributed by atoms with E-state index in [-0.39, 0.29) is 5.82 Å². The lowest BCUT2D eigenvalue weighted by Gasteiger charge is -2.09. The van der Waals surface area contributed by atoms with Gasteiger partial charge >= 0.3 is 0 Å². The fraction of sp³-hybridized carbons (Fsp3) is 0.167. The first-order valence-corrected chi connectivity index (χ1v) is 5.53. The molecule has 0 bridgehead atoms. The van der Waals surface area contributed by atoms with Gasteiger partial charge in [0.25, 0.3) is 0 Å². The summed E-state index contributed by atoms with van der Waals surface area (Å²) >= 11 is 1.47. The SMILES string of the molecule is Cc1cc(F)cc(C(O)c2cccs2)c1. The zero-order valence-electron chi connectivity index (χ0n) is 8.27. The average Bonchev–Trinajstić information content (AvgIpc) is 2.67. The number of aryl methyl sites for hydroxylation is 1. The number of benzene rings is 1. The number of thiophene rings is 1. The second kappa shape index (κ2) is 4.13. The molecule has 0 spiro atoms. The molecule has 0 saturated heterocycles. The van der Waals surface area contributed by atoms with Crippen molar-refractivity contribution in [3.63, 3.8) is 0 Å². The lowest BCUT2D eigenvalue weighted by molar-refractivity contribution is 0.223. The van der Waals surface area contributed by atoms with Crippen molar-refractivity contribution in [3.8, 4) is 0 Å². The van der Waals surface area contributed by atoms with Crippen LogP contribution in [0.5, 0.6) is 0 Å². The maximum atomic E-state index is 13.1. The van der Waals surface area contributed by atoms with Crippen LogP contribution in [0.15, 0.2) is 35.7 Å². The quantitative estimate of drug-likeness (QED) is 0.826. The Balaban J connectivity index is 2.37. The topological polar surface area (TPSA) is 20.2 Å². The molecule has 0 amide bonds. The molecule has 2 rings (SSSR count). The zero-order valence-corrected chi connectivity index (χ0v) is 9.09. The molecule has 15 heavy (non-hydrogen) atoms. The predicted octanol–water partition coefficient (Wildman–Crippen LogP) is 3.28. The molecule has 0 aliphatic carbocycles. The van der Waals surface area contributed by atoms with E-state index in [2.05, 4.69) is 0 Å². The maximum Gasteiger partial charge on any atom is 0.123 e. The summed E-state index contributed by atoms with van der Waals surface area (Å²) in [6, 6.07) is 8.33. The van der Waals surface area contributed by atoms with Gasteiger partial charge in [0.05, 0.1) is 0 Å². The Kier molecular flexibility index (Phi) is 2.84. The molecule has 0 radical (unpaired) electrons. The third kappa shape index (κ3) is 2.25. The highest BCUT2D eigenvalue weighted by atomic mass is 32.1. The summed E-state index contributed by atoms with van der Waals surface area (Å²) in [4.78, 5) is 0.833. The first kappa shape index (κ1) is 10.3. The van der Waals surface area contributed by atoms with Gasteiger partial charge in [-0.05, 0) is 41.6 Å². The van der Waals surface area contributed by atoms with Crippen LogP contribution in [0.2, 0.25) is 0 Å². The molecule has 78 valence electrons. The van der Waals surface area contributed by atoms with Crippen LogP contribution in [0.4, 0.5) is 4.39 Å². The number of aliphatic hydroxyl groups is 1. The van der Waals surface area contributed by atoms with Gasteiger partial charge in [-0.15, -0.1) is 11.3 Å². The van der Waals surface area contributed by atoms with Crippen molar-refractivity contribution in [2.24, 2.45) is 0 Å².